The average molecular weight is 754 g/mol. The molecule has 52 heavy (non-hydrogen) atoms. The maximum Gasteiger partial charge on any atom is 0.472 e. The van der Waals surface area contributed by atoms with Crippen molar-refractivity contribution in [1.82, 2.24) is 0 Å². The molecule has 0 aromatic heterocycles. The van der Waals surface area contributed by atoms with Gasteiger partial charge < -0.3 is 20.1 Å². The van der Waals surface area contributed by atoms with E-state index in [1.165, 1.54) is 128 Å². The largest absolute Gasteiger partial charge is 0.498 e. The molecule has 0 rings (SSSR count). The molecular weight excluding hydrogens is 673 g/mol. The van der Waals surface area contributed by atoms with Crippen molar-refractivity contribution in [2.24, 2.45) is 5.73 Å². The number of allylic oxidation sites excluding steroid dienone is 7. The quantitative estimate of drug-likeness (QED) is 0.0209. The molecule has 0 bridgehead atoms. The van der Waals surface area contributed by atoms with E-state index < -0.39 is 19.9 Å². The second kappa shape index (κ2) is 40.5. The Morgan fingerprint density at radius 3 is 1.54 bits per heavy atom. The van der Waals surface area contributed by atoms with E-state index in [-0.39, 0.29) is 32.8 Å². The number of esters is 1. The van der Waals surface area contributed by atoms with Gasteiger partial charge in [-0.15, -0.1) is 0 Å². The minimum atomic E-state index is -4.30. The number of unbranched alkanes of at least 4 members (excludes halogenated alkanes) is 21. The lowest BCUT2D eigenvalue weighted by Crippen LogP contribution is -2.27. The topological polar surface area (TPSA) is 117 Å². The molecule has 0 spiro atoms. The van der Waals surface area contributed by atoms with Crippen LogP contribution in [-0.2, 0) is 27.9 Å². The molecule has 0 amide bonds. The molecule has 0 aliphatic heterocycles. The van der Waals surface area contributed by atoms with Crippen molar-refractivity contribution in [3.63, 3.8) is 0 Å². The van der Waals surface area contributed by atoms with Crippen LogP contribution < -0.4 is 5.73 Å². The molecule has 0 saturated heterocycles. The summed E-state index contributed by atoms with van der Waals surface area (Å²) in [6, 6.07) is 0. The van der Waals surface area contributed by atoms with E-state index in [9.17, 15) is 14.3 Å². The van der Waals surface area contributed by atoms with Crippen molar-refractivity contribution in [1.29, 1.82) is 0 Å². The summed E-state index contributed by atoms with van der Waals surface area (Å²) in [5.41, 5.74) is 5.35. The number of rotatable bonds is 40. The molecule has 8 nitrogen and oxygen atoms in total. The van der Waals surface area contributed by atoms with Crippen LogP contribution in [0.15, 0.2) is 48.8 Å². The van der Waals surface area contributed by atoms with E-state index in [0.717, 1.165) is 32.1 Å². The van der Waals surface area contributed by atoms with E-state index in [1.54, 1.807) is 6.26 Å². The first-order valence-corrected chi connectivity index (χ1v) is 22.7. The number of carbonyl (C=O) groups excluding carboxylic acids is 1. The molecule has 0 radical (unpaired) electrons. The molecule has 304 valence electrons. The van der Waals surface area contributed by atoms with Gasteiger partial charge in [-0.2, -0.15) is 0 Å². The molecule has 0 saturated carbocycles. The van der Waals surface area contributed by atoms with Crippen LogP contribution in [0.5, 0.6) is 0 Å². The Hall–Kier alpha value is -1.70. The lowest BCUT2D eigenvalue weighted by atomic mass is 10.0. The number of nitrogens with two attached hydrogens (primary N) is 1. The Bertz CT molecular complexity index is 936. The fourth-order valence-electron chi connectivity index (χ4n) is 5.68. The zero-order chi connectivity index (χ0) is 38.1. The molecule has 1 unspecified atom stereocenters. The number of hydrogen-bond acceptors (Lipinski definition) is 7. The van der Waals surface area contributed by atoms with Gasteiger partial charge in [0.2, 0.25) is 0 Å². The van der Waals surface area contributed by atoms with Crippen LogP contribution in [-0.4, -0.2) is 43.3 Å². The van der Waals surface area contributed by atoms with Gasteiger partial charge in [-0.3, -0.25) is 13.8 Å². The molecule has 0 aromatic carbocycles. The Morgan fingerprint density at radius 2 is 1.04 bits per heavy atom. The lowest BCUT2D eigenvalue weighted by molar-refractivity contribution is -0.153. The number of phosphoric acid groups is 1. The van der Waals surface area contributed by atoms with Gasteiger partial charge in [0.05, 0.1) is 19.5 Å². The van der Waals surface area contributed by atoms with E-state index >= 15 is 0 Å². The third kappa shape index (κ3) is 39.5. The van der Waals surface area contributed by atoms with Crippen LogP contribution in [0.3, 0.4) is 0 Å². The van der Waals surface area contributed by atoms with Gasteiger partial charge in [0.25, 0.3) is 0 Å². The van der Waals surface area contributed by atoms with Crippen LogP contribution in [0.25, 0.3) is 0 Å². The van der Waals surface area contributed by atoms with Crippen LogP contribution in [0.1, 0.15) is 187 Å². The monoisotopic (exact) mass is 754 g/mol. The van der Waals surface area contributed by atoms with E-state index in [0.29, 0.717) is 6.42 Å². The molecule has 3 N–H and O–H groups in total. The highest BCUT2D eigenvalue weighted by Crippen LogP contribution is 2.43. The normalized spacial score (nSPS) is 13.9. The van der Waals surface area contributed by atoms with Crippen LogP contribution >= 0.6 is 7.82 Å². The van der Waals surface area contributed by atoms with Gasteiger partial charge >= 0.3 is 13.8 Å². The smallest absolute Gasteiger partial charge is 0.472 e. The van der Waals surface area contributed by atoms with Crippen molar-refractivity contribution in [2.75, 3.05) is 26.4 Å². The maximum absolute atomic E-state index is 12.5. The molecular formula is C43H80NO7P. The lowest BCUT2D eigenvalue weighted by Gasteiger charge is -2.19. The van der Waals surface area contributed by atoms with Crippen molar-refractivity contribution < 1.29 is 32.8 Å². The first-order valence-electron chi connectivity index (χ1n) is 21.2. The summed E-state index contributed by atoms with van der Waals surface area (Å²) < 4.78 is 33.1. The third-order valence-corrected chi connectivity index (χ3v) is 9.80. The predicted octanol–water partition coefficient (Wildman–Crippen LogP) is 12.8. The van der Waals surface area contributed by atoms with Gasteiger partial charge in [-0.25, -0.2) is 4.57 Å². The Morgan fingerprint density at radius 1 is 0.596 bits per heavy atom. The minimum Gasteiger partial charge on any atom is -0.498 e. The molecule has 0 heterocycles. The average Bonchev–Trinajstić information content (AvgIpc) is 3.13. The number of carbonyl (C=O) groups is 1. The summed E-state index contributed by atoms with van der Waals surface area (Å²) >= 11 is 0. The molecule has 2 atom stereocenters. The van der Waals surface area contributed by atoms with Gasteiger partial charge in [0.1, 0.15) is 6.61 Å². The third-order valence-electron chi connectivity index (χ3n) is 8.81. The molecule has 0 fully saturated rings. The van der Waals surface area contributed by atoms with Gasteiger partial charge in [-0.05, 0) is 57.4 Å². The maximum atomic E-state index is 12.5. The molecule has 0 aromatic rings. The van der Waals surface area contributed by atoms with E-state index in [1.807, 2.05) is 6.08 Å². The SMILES string of the molecule is CCCCCCCC/C=C\C/C=C\C/C=C\CCCC(=O)O[C@H](CO/C=C\CCCCCCCCCCCCCCCC)COP(=O)(O)OCCN. The molecule has 9 heteroatoms. The van der Waals surface area contributed by atoms with Gasteiger partial charge in [0.15, 0.2) is 6.10 Å². The van der Waals surface area contributed by atoms with Gasteiger partial charge in [-0.1, -0.05) is 166 Å². The van der Waals surface area contributed by atoms with Crippen LogP contribution in [0.2, 0.25) is 0 Å². The highest BCUT2D eigenvalue weighted by molar-refractivity contribution is 7.47. The summed E-state index contributed by atoms with van der Waals surface area (Å²) in [5.74, 6) is -0.403. The Balaban J connectivity index is 4.18. The van der Waals surface area contributed by atoms with Crippen molar-refractivity contribution >= 4 is 13.8 Å². The summed E-state index contributed by atoms with van der Waals surface area (Å²) in [4.78, 5) is 22.4. The molecule has 0 aliphatic rings. The number of ether oxygens (including phenoxy) is 2. The van der Waals surface area contributed by atoms with E-state index in [4.69, 9.17) is 24.3 Å². The Labute approximate surface area is 320 Å². The van der Waals surface area contributed by atoms with E-state index in [2.05, 4.69) is 50.3 Å². The van der Waals surface area contributed by atoms with Crippen LogP contribution in [0, 0.1) is 0 Å². The minimum absolute atomic E-state index is 0.0122. The molecule has 0 aliphatic carbocycles. The zero-order valence-electron chi connectivity index (χ0n) is 33.5. The summed E-state index contributed by atoms with van der Waals surface area (Å²) in [5, 5.41) is 0. The second-order valence-corrected chi connectivity index (χ2v) is 15.4. The second-order valence-electron chi connectivity index (χ2n) is 13.9. The number of hydrogen-bond donors (Lipinski definition) is 2. The number of phosphoric ester groups is 1. The summed E-state index contributed by atoms with van der Waals surface area (Å²) in [7, 11) is -4.30. The Kier molecular flexibility index (Phi) is 39.2. The zero-order valence-corrected chi connectivity index (χ0v) is 34.4. The first kappa shape index (κ1) is 50.3. The first-order chi connectivity index (χ1) is 25.4. The fraction of sp³-hybridized carbons (Fsp3) is 0.791. The van der Waals surface area contributed by atoms with Gasteiger partial charge in [0, 0.05) is 13.0 Å². The van der Waals surface area contributed by atoms with Crippen molar-refractivity contribution in [3.8, 4) is 0 Å². The van der Waals surface area contributed by atoms with Crippen LogP contribution in [0.4, 0.5) is 0 Å². The van der Waals surface area contributed by atoms with Crippen molar-refractivity contribution in [2.45, 2.75) is 193 Å². The summed E-state index contributed by atoms with van der Waals surface area (Å²) in [6.45, 7) is 4.18. The fourth-order valence-corrected chi connectivity index (χ4v) is 6.45. The standard InChI is InChI=1S/C43H80NO7P/c1-3-5-7-9-11-13-15-17-19-21-22-24-26-28-30-32-34-36-43(45)51-42(41-50-52(46,47)49-39-37-44)40-48-38-35-33-31-29-27-25-23-20-18-16-14-12-10-8-6-4-2/h17,19,22,24,28,30,35,38,42H,3-16,18,20-21,23,25-27,29,31-34,36-37,39-41,44H2,1-2H3,(H,46,47)/b19-17-,24-22-,30-28-,38-35-/t42-/m1/s1. The predicted molar refractivity (Wildman–Crippen MR) is 219 cm³/mol. The highest BCUT2D eigenvalue weighted by Gasteiger charge is 2.25. The summed E-state index contributed by atoms with van der Waals surface area (Å²) in [6.07, 6.45) is 48.0. The van der Waals surface area contributed by atoms with Crippen molar-refractivity contribution in [3.05, 3.63) is 48.8 Å². The highest BCUT2D eigenvalue weighted by atomic mass is 31.2.